The van der Waals surface area contributed by atoms with E-state index in [0.29, 0.717) is 6.04 Å². The van der Waals surface area contributed by atoms with Gasteiger partial charge in [0.05, 0.1) is 6.07 Å². The van der Waals surface area contributed by atoms with Gasteiger partial charge in [0.25, 0.3) is 0 Å². The van der Waals surface area contributed by atoms with E-state index < -0.39 is 5.54 Å². The van der Waals surface area contributed by atoms with Crippen LogP contribution in [0.4, 0.5) is 0 Å². The number of benzene rings is 1. The second-order valence-corrected chi connectivity index (χ2v) is 7.08. The van der Waals surface area contributed by atoms with Crippen LogP contribution in [0.2, 0.25) is 0 Å². The van der Waals surface area contributed by atoms with Gasteiger partial charge in [-0.05, 0) is 25.3 Å². The van der Waals surface area contributed by atoms with Crippen LogP contribution in [0.1, 0.15) is 50.5 Å². The number of hydrogen-bond donors (Lipinski definition) is 1. The highest BCUT2D eigenvalue weighted by Gasteiger charge is 2.38. The number of nitrogens with zero attached hydrogens (tertiary/aromatic N) is 1. The molecule has 1 atom stereocenters. The Morgan fingerprint density at radius 2 is 1.90 bits per heavy atom. The lowest BCUT2D eigenvalue weighted by atomic mass is 9.86. The van der Waals surface area contributed by atoms with Gasteiger partial charge in [0.15, 0.2) is 0 Å². The van der Waals surface area contributed by atoms with Crippen LogP contribution in [0.25, 0.3) is 0 Å². The Hall–Kier alpha value is -0.980. The SMILES string of the molecule is N#CC1(NC2CCCCCC2)CCSc2ccccc21. The van der Waals surface area contributed by atoms with Crippen LogP contribution < -0.4 is 5.32 Å². The second kappa shape index (κ2) is 6.20. The molecule has 0 saturated heterocycles. The van der Waals surface area contributed by atoms with Gasteiger partial charge in [-0.15, -0.1) is 11.8 Å². The van der Waals surface area contributed by atoms with Crippen LogP contribution in [-0.2, 0) is 5.54 Å². The summed E-state index contributed by atoms with van der Waals surface area (Å²) in [6, 6.07) is 11.5. The van der Waals surface area contributed by atoms with Gasteiger partial charge >= 0.3 is 0 Å². The average Bonchev–Trinajstić information content (AvgIpc) is 2.76. The van der Waals surface area contributed by atoms with Gasteiger partial charge in [-0.1, -0.05) is 43.9 Å². The lowest BCUT2D eigenvalue weighted by Crippen LogP contribution is -2.48. The molecule has 20 heavy (non-hydrogen) atoms. The van der Waals surface area contributed by atoms with Crippen LogP contribution in [0, 0.1) is 11.3 Å². The molecule has 1 aromatic rings. The maximum absolute atomic E-state index is 9.87. The lowest BCUT2D eigenvalue weighted by molar-refractivity contribution is 0.323. The van der Waals surface area contributed by atoms with E-state index in [-0.39, 0.29) is 0 Å². The number of nitriles is 1. The summed E-state index contributed by atoms with van der Waals surface area (Å²) in [6.45, 7) is 0. The Balaban J connectivity index is 1.87. The zero-order chi connectivity index (χ0) is 13.8. The molecule has 1 saturated carbocycles. The van der Waals surface area contributed by atoms with Crippen LogP contribution in [0.3, 0.4) is 0 Å². The first-order valence-corrected chi connectivity index (χ1v) is 8.74. The highest BCUT2D eigenvalue weighted by Crippen LogP contribution is 2.40. The highest BCUT2D eigenvalue weighted by molar-refractivity contribution is 7.99. The minimum atomic E-state index is -0.461. The number of hydrogen-bond acceptors (Lipinski definition) is 3. The molecule has 1 N–H and O–H groups in total. The Kier molecular flexibility index (Phi) is 4.33. The molecule has 106 valence electrons. The number of rotatable bonds is 2. The van der Waals surface area contributed by atoms with E-state index in [1.165, 1.54) is 49.0 Å². The molecule has 2 aliphatic rings. The molecule has 0 spiro atoms. The monoisotopic (exact) mass is 286 g/mol. The molecule has 1 unspecified atom stereocenters. The van der Waals surface area contributed by atoms with Crippen molar-refractivity contribution in [3.8, 4) is 6.07 Å². The van der Waals surface area contributed by atoms with Crippen LogP contribution in [-0.4, -0.2) is 11.8 Å². The number of fused-ring (bicyclic) bond motifs is 1. The fourth-order valence-corrected chi connectivity index (χ4v) is 4.67. The first-order chi connectivity index (χ1) is 9.84. The quantitative estimate of drug-likeness (QED) is 0.827. The van der Waals surface area contributed by atoms with E-state index in [1.54, 1.807) is 0 Å². The summed E-state index contributed by atoms with van der Waals surface area (Å²) in [5, 5.41) is 13.6. The van der Waals surface area contributed by atoms with Crippen molar-refractivity contribution in [1.82, 2.24) is 5.32 Å². The smallest absolute Gasteiger partial charge is 0.134 e. The van der Waals surface area contributed by atoms with Crippen LogP contribution >= 0.6 is 11.8 Å². The third-order valence-corrected chi connectivity index (χ3v) is 5.65. The van der Waals surface area contributed by atoms with E-state index in [1.807, 2.05) is 11.8 Å². The fourth-order valence-electron chi connectivity index (χ4n) is 3.46. The maximum Gasteiger partial charge on any atom is 0.134 e. The molecule has 1 aromatic carbocycles. The molecule has 0 aromatic heterocycles. The first-order valence-electron chi connectivity index (χ1n) is 7.75. The van der Waals surface area contributed by atoms with Gasteiger partial charge in [0.2, 0.25) is 0 Å². The molecule has 3 rings (SSSR count). The molecule has 2 nitrogen and oxygen atoms in total. The summed E-state index contributed by atoms with van der Waals surface area (Å²) in [7, 11) is 0. The Morgan fingerprint density at radius 1 is 1.15 bits per heavy atom. The van der Waals surface area contributed by atoms with E-state index >= 15 is 0 Å². The van der Waals surface area contributed by atoms with Gasteiger partial charge in [0.1, 0.15) is 5.54 Å². The van der Waals surface area contributed by atoms with E-state index in [2.05, 4.69) is 35.7 Å². The number of thioether (sulfide) groups is 1. The molecule has 1 fully saturated rings. The molecular weight excluding hydrogens is 264 g/mol. The summed E-state index contributed by atoms with van der Waals surface area (Å²) in [6.07, 6.45) is 8.67. The van der Waals surface area contributed by atoms with Crippen molar-refractivity contribution in [1.29, 1.82) is 5.26 Å². The van der Waals surface area contributed by atoms with E-state index in [9.17, 15) is 5.26 Å². The highest BCUT2D eigenvalue weighted by atomic mass is 32.2. The van der Waals surface area contributed by atoms with Crippen molar-refractivity contribution in [2.45, 2.75) is 61.4 Å². The van der Waals surface area contributed by atoms with Gasteiger partial charge < -0.3 is 0 Å². The average molecular weight is 286 g/mol. The Morgan fingerprint density at radius 3 is 2.65 bits per heavy atom. The van der Waals surface area contributed by atoms with Crippen molar-refractivity contribution >= 4 is 11.8 Å². The minimum Gasteiger partial charge on any atom is -0.293 e. The molecular formula is C17H22N2S. The Bertz CT molecular complexity index is 500. The third kappa shape index (κ3) is 2.73. The van der Waals surface area contributed by atoms with Crippen molar-refractivity contribution in [3.63, 3.8) is 0 Å². The van der Waals surface area contributed by atoms with Gasteiger partial charge in [0, 0.05) is 22.3 Å². The largest absolute Gasteiger partial charge is 0.293 e. The van der Waals surface area contributed by atoms with E-state index in [0.717, 1.165) is 12.2 Å². The zero-order valence-electron chi connectivity index (χ0n) is 11.9. The summed E-state index contributed by atoms with van der Waals surface area (Å²) in [5.41, 5.74) is 0.736. The molecule has 1 heterocycles. The Labute approximate surface area is 125 Å². The molecule has 3 heteroatoms. The zero-order valence-corrected chi connectivity index (χ0v) is 12.7. The molecule has 0 amide bonds. The lowest BCUT2D eigenvalue weighted by Gasteiger charge is -2.37. The standard InChI is InChI=1S/C17H22N2S/c18-13-17(19-14-7-3-1-2-4-8-14)11-12-20-16-10-6-5-9-15(16)17/h5-6,9-10,14,19H,1-4,7-8,11-12H2. The van der Waals surface area contributed by atoms with Crippen molar-refractivity contribution in [2.24, 2.45) is 0 Å². The maximum atomic E-state index is 9.87. The molecule has 1 aliphatic heterocycles. The summed E-state index contributed by atoms with van der Waals surface area (Å²) in [5.74, 6) is 1.03. The first kappa shape index (κ1) is 14.0. The van der Waals surface area contributed by atoms with E-state index in [4.69, 9.17) is 0 Å². The van der Waals surface area contributed by atoms with Gasteiger partial charge in [-0.25, -0.2) is 0 Å². The van der Waals surface area contributed by atoms with Crippen LogP contribution in [0.5, 0.6) is 0 Å². The van der Waals surface area contributed by atoms with Gasteiger partial charge in [-0.2, -0.15) is 5.26 Å². The molecule has 0 radical (unpaired) electrons. The topological polar surface area (TPSA) is 35.8 Å². The number of nitrogens with one attached hydrogen (secondary N) is 1. The molecule has 1 aliphatic carbocycles. The summed E-state index contributed by atoms with van der Waals surface area (Å²) in [4.78, 5) is 1.28. The third-order valence-electron chi connectivity index (χ3n) is 4.58. The summed E-state index contributed by atoms with van der Waals surface area (Å²) >= 11 is 1.88. The van der Waals surface area contributed by atoms with Crippen molar-refractivity contribution in [3.05, 3.63) is 29.8 Å². The van der Waals surface area contributed by atoms with Crippen molar-refractivity contribution in [2.75, 3.05) is 5.75 Å². The normalized spacial score (nSPS) is 27.4. The molecule has 0 bridgehead atoms. The summed E-state index contributed by atoms with van der Waals surface area (Å²) < 4.78 is 0. The fraction of sp³-hybridized carbons (Fsp3) is 0.588. The van der Waals surface area contributed by atoms with Crippen LogP contribution in [0.15, 0.2) is 29.2 Å². The van der Waals surface area contributed by atoms with Gasteiger partial charge in [-0.3, -0.25) is 5.32 Å². The predicted molar refractivity (Wildman–Crippen MR) is 83.7 cm³/mol. The minimum absolute atomic E-state index is 0.461. The van der Waals surface area contributed by atoms with Crippen molar-refractivity contribution < 1.29 is 0 Å². The second-order valence-electron chi connectivity index (χ2n) is 5.94. The predicted octanol–water partition coefficient (Wildman–Crippen LogP) is 4.21.